The van der Waals surface area contributed by atoms with E-state index in [0.717, 1.165) is 22.8 Å². The van der Waals surface area contributed by atoms with E-state index in [4.69, 9.17) is 10.3 Å². The molecular weight excluding hydrogens is 258 g/mol. The van der Waals surface area contributed by atoms with Crippen molar-refractivity contribution in [3.05, 3.63) is 41.5 Å². The summed E-state index contributed by atoms with van der Waals surface area (Å²) in [7, 11) is 0. The van der Waals surface area contributed by atoms with Gasteiger partial charge in [0, 0.05) is 11.8 Å². The number of nitrogen functional groups attached to an aromatic ring is 1. The van der Waals surface area contributed by atoms with Gasteiger partial charge in [-0.15, -0.1) is 0 Å². The first-order chi connectivity index (χ1) is 9.13. The molecule has 0 fully saturated rings. The summed E-state index contributed by atoms with van der Waals surface area (Å²) in [5.41, 5.74) is 7.43. The highest BCUT2D eigenvalue weighted by molar-refractivity contribution is 7.99. The number of anilines is 1. The number of rotatable bonds is 5. The van der Waals surface area contributed by atoms with E-state index in [0.29, 0.717) is 11.1 Å². The Morgan fingerprint density at radius 2 is 2.00 bits per heavy atom. The van der Waals surface area contributed by atoms with Crippen molar-refractivity contribution < 1.29 is 4.52 Å². The van der Waals surface area contributed by atoms with Crippen LogP contribution >= 0.6 is 11.8 Å². The summed E-state index contributed by atoms with van der Waals surface area (Å²) in [6.07, 6.45) is 3.73. The van der Waals surface area contributed by atoms with Crippen molar-refractivity contribution in [2.75, 3.05) is 5.73 Å². The maximum atomic E-state index is 5.63. The fourth-order valence-electron chi connectivity index (χ4n) is 1.41. The van der Waals surface area contributed by atoms with Crippen LogP contribution in [0, 0.1) is 0 Å². The van der Waals surface area contributed by atoms with Crippen LogP contribution in [0.2, 0.25) is 0 Å². The fraction of sp³-hybridized carbons (Fsp3) is 0.286. The molecule has 1 aromatic carbocycles. The van der Waals surface area contributed by atoms with Crippen LogP contribution in [0.5, 0.6) is 0 Å². The molecule has 0 bridgehead atoms. The second-order valence-electron chi connectivity index (χ2n) is 4.41. The van der Waals surface area contributed by atoms with E-state index in [9.17, 15) is 0 Å². The molecule has 1 heterocycles. The smallest absolute Gasteiger partial charge is 0.250 e. The predicted octanol–water partition coefficient (Wildman–Crippen LogP) is 3.46. The Morgan fingerprint density at radius 1 is 1.26 bits per heavy atom. The molecule has 0 saturated heterocycles. The first-order valence-electron chi connectivity index (χ1n) is 6.11. The van der Waals surface area contributed by atoms with Crippen LogP contribution < -0.4 is 5.73 Å². The molecule has 0 aliphatic rings. The number of hydrogen-bond acceptors (Lipinski definition) is 5. The number of hydrogen-bond donors (Lipinski definition) is 1. The summed E-state index contributed by atoms with van der Waals surface area (Å²) in [6.45, 7) is 4.29. The van der Waals surface area contributed by atoms with Crippen LogP contribution in [0.15, 0.2) is 28.8 Å². The standard InChI is InChI=1S/C14H17N3OS/c1-10(2)19-9-13-16-14(18-17-13)8-5-11-3-6-12(15)7-4-11/h3-8,10H,9,15H2,1-2H3/b8-5+. The lowest BCUT2D eigenvalue weighted by molar-refractivity contribution is 0.405. The van der Waals surface area contributed by atoms with E-state index in [1.165, 1.54) is 0 Å². The Hall–Kier alpha value is -1.75. The molecule has 100 valence electrons. The molecule has 5 heteroatoms. The van der Waals surface area contributed by atoms with Crippen LogP contribution in [-0.2, 0) is 5.75 Å². The van der Waals surface area contributed by atoms with Gasteiger partial charge in [0.2, 0.25) is 0 Å². The molecule has 0 saturated carbocycles. The molecule has 19 heavy (non-hydrogen) atoms. The van der Waals surface area contributed by atoms with Crippen molar-refractivity contribution in [1.82, 2.24) is 10.1 Å². The van der Waals surface area contributed by atoms with Crippen LogP contribution in [0.3, 0.4) is 0 Å². The highest BCUT2D eigenvalue weighted by Gasteiger charge is 2.04. The Morgan fingerprint density at radius 3 is 2.68 bits per heavy atom. The van der Waals surface area contributed by atoms with E-state index < -0.39 is 0 Å². The summed E-state index contributed by atoms with van der Waals surface area (Å²) in [4.78, 5) is 4.30. The minimum atomic E-state index is 0.524. The SMILES string of the molecule is CC(C)SCc1noc(/C=C/c2ccc(N)cc2)n1. The van der Waals surface area contributed by atoms with Crippen molar-refractivity contribution in [3.63, 3.8) is 0 Å². The van der Waals surface area contributed by atoms with Gasteiger partial charge in [0.25, 0.3) is 5.89 Å². The molecule has 0 aliphatic carbocycles. The van der Waals surface area contributed by atoms with Crippen LogP contribution in [0.4, 0.5) is 5.69 Å². The van der Waals surface area contributed by atoms with E-state index >= 15 is 0 Å². The fourth-order valence-corrected chi connectivity index (χ4v) is 2.01. The van der Waals surface area contributed by atoms with Gasteiger partial charge in [0.15, 0.2) is 5.82 Å². The third kappa shape index (κ3) is 4.44. The highest BCUT2D eigenvalue weighted by atomic mass is 32.2. The lowest BCUT2D eigenvalue weighted by atomic mass is 10.2. The molecular formula is C14H17N3OS. The monoisotopic (exact) mass is 275 g/mol. The minimum absolute atomic E-state index is 0.524. The minimum Gasteiger partial charge on any atom is -0.399 e. The second kappa shape index (κ2) is 6.43. The zero-order valence-corrected chi connectivity index (χ0v) is 11.9. The number of nitrogens with zero attached hydrogens (tertiary/aromatic N) is 2. The summed E-state index contributed by atoms with van der Waals surface area (Å²) in [5.74, 6) is 2.03. The van der Waals surface area contributed by atoms with Gasteiger partial charge in [-0.25, -0.2) is 0 Å². The van der Waals surface area contributed by atoms with Gasteiger partial charge in [0.05, 0.1) is 5.75 Å². The maximum absolute atomic E-state index is 5.63. The van der Waals surface area contributed by atoms with Crippen molar-refractivity contribution in [2.24, 2.45) is 0 Å². The summed E-state index contributed by atoms with van der Waals surface area (Å²) >= 11 is 1.79. The van der Waals surface area contributed by atoms with Gasteiger partial charge in [-0.05, 0) is 29.0 Å². The summed E-state index contributed by atoms with van der Waals surface area (Å²) in [5, 5.41) is 4.50. The summed E-state index contributed by atoms with van der Waals surface area (Å²) < 4.78 is 5.16. The predicted molar refractivity (Wildman–Crippen MR) is 80.5 cm³/mol. The molecule has 1 aromatic heterocycles. The molecule has 0 atom stereocenters. The largest absolute Gasteiger partial charge is 0.399 e. The van der Waals surface area contributed by atoms with Gasteiger partial charge in [-0.2, -0.15) is 16.7 Å². The molecule has 2 N–H and O–H groups in total. The molecule has 0 radical (unpaired) electrons. The van der Waals surface area contributed by atoms with Crippen LogP contribution in [0.1, 0.15) is 31.1 Å². The van der Waals surface area contributed by atoms with E-state index in [1.54, 1.807) is 11.8 Å². The topological polar surface area (TPSA) is 64.9 Å². The molecule has 0 unspecified atom stereocenters. The van der Waals surface area contributed by atoms with E-state index in [2.05, 4.69) is 24.0 Å². The lowest BCUT2D eigenvalue weighted by Crippen LogP contribution is -1.90. The van der Waals surface area contributed by atoms with Gasteiger partial charge in [-0.3, -0.25) is 0 Å². The summed E-state index contributed by atoms with van der Waals surface area (Å²) in [6, 6.07) is 7.60. The maximum Gasteiger partial charge on any atom is 0.250 e. The average Bonchev–Trinajstić information content (AvgIpc) is 2.84. The Bertz CT molecular complexity index is 546. The molecule has 2 rings (SSSR count). The lowest BCUT2D eigenvalue weighted by Gasteiger charge is -1.98. The van der Waals surface area contributed by atoms with Gasteiger partial charge in [-0.1, -0.05) is 31.1 Å². The van der Waals surface area contributed by atoms with Gasteiger partial charge in [0.1, 0.15) is 0 Å². The van der Waals surface area contributed by atoms with Crippen molar-refractivity contribution in [2.45, 2.75) is 24.9 Å². The van der Waals surface area contributed by atoms with E-state index in [1.807, 2.05) is 36.4 Å². The second-order valence-corrected chi connectivity index (χ2v) is 5.97. The quantitative estimate of drug-likeness (QED) is 0.846. The Kier molecular flexibility index (Phi) is 4.63. The number of thioether (sulfide) groups is 1. The Balaban J connectivity index is 1.97. The zero-order chi connectivity index (χ0) is 13.7. The van der Waals surface area contributed by atoms with E-state index in [-0.39, 0.29) is 0 Å². The number of benzene rings is 1. The van der Waals surface area contributed by atoms with Crippen molar-refractivity contribution in [3.8, 4) is 0 Å². The zero-order valence-electron chi connectivity index (χ0n) is 11.0. The first kappa shape index (κ1) is 13.7. The highest BCUT2D eigenvalue weighted by Crippen LogP contribution is 2.15. The van der Waals surface area contributed by atoms with Crippen LogP contribution in [0.25, 0.3) is 12.2 Å². The molecule has 4 nitrogen and oxygen atoms in total. The average molecular weight is 275 g/mol. The molecule has 0 aliphatic heterocycles. The first-order valence-corrected chi connectivity index (χ1v) is 7.16. The van der Waals surface area contributed by atoms with Crippen LogP contribution in [-0.4, -0.2) is 15.4 Å². The normalized spacial score (nSPS) is 11.5. The van der Waals surface area contributed by atoms with Crippen molar-refractivity contribution >= 4 is 29.6 Å². The molecule has 0 amide bonds. The third-order valence-corrected chi connectivity index (χ3v) is 3.48. The third-order valence-electron chi connectivity index (χ3n) is 2.38. The molecule has 2 aromatic rings. The number of nitrogens with two attached hydrogens (primary N) is 1. The van der Waals surface area contributed by atoms with Gasteiger partial charge >= 0.3 is 0 Å². The van der Waals surface area contributed by atoms with Gasteiger partial charge < -0.3 is 10.3 Å². The van der Waals surface area contributed by atoms with Crippen molar-refractivity contribution in [1.29, 1.82) is 0 Å². The number of aromatic nitrogens is 2. The molecule has 0 spiro atoms. The Labute approximate surface area is 117 Å².